The summed E-state index contributed by atoms with van der Waals surface area (Å²) in [6.45, 7) is 2.77. The summed E-state index contributed by atoms with van der Waals surface area (Å²) in [7, 11) is 1.87. The van der Waals surface area contributed by atoms with Gasteiger partial charge in [0.05, 0.1) is 5.75 Å². The molecule has 120 valence electrons. The van der Waals surface area contributed by atoms with Crippen molar-refractivity contribution < 1.29 is 25.6 Å². The molecule has 0 saturated carbocycles. The molecule has 0 aliphatic rings. The van der Waals surface area contributed by atoms with E-state index in [2.05, 4.69) is 36.2 Å². The monoisotopic (exact) mass is 533 g/mol. The molecule has 0 spiro atoms. The smallest absolute Gasteiger partial charge is 0.130 e. The fourth-order valence-electron chi connectivity index (χ4n) is 1.71. The van der Waals surface area contributed by atoms with Gasteiger partial charge in [-0.3, -0.25) is 0 Å². The average molecular weight is 533 g/mol. The first-order valence-electron chi connectivity index (χ1n) is 6.51. The molecule has 0 aliphatic carbocycles. The zero-order chi connectivity index (χ0) is 15.6. The molecule has 2 aromatic rings. The Morgan fingerprint density at radius 1 is 1.22 bits per heavy atom. The van der Waals surface area contributed by atoms with Crippen molar-refractivity contribution in [2.75, 3.05) is 0 Å². The van der Waals surface area contributed by atoms with Gasteiger partial charge in [0.25, 0.3) is 0 Å². The largest absolute Gasteiger partial charge is 0.468 e. The van der Waals surface area contributed by atoms with Crippen LogP contribution < -0.4 is 9.84 Å². The Kier molecular flexibility index (Phi) is 10.5. The van der Waals surface area contributed by atoms with E-state index in [4.69, 9.17) is 10.1 Å². The van der Waals surface area contributed by atoms with Gasteiger partial charge in [0.15, 0.2) is 0 Å². The predicted molar refractivity (Wildman–Crippen MR) is 97.8 cm³/mol. The van der Waals surface area contributed by atoms with Gasteiger partial charge in [0.2, 0.25) is 0 Å². The minimum absolute atomic E-state index is 0. The molecule has 0 radical (unpaired) electrons. The van der Waals surface area contributed by atoms with Crippen molar-refractivity contribution in [3.05, 3.63) is 82.7 Å². The third-order valence-corrected chi connectivity index (χ3v) is 5.96. The zero-order valence-electron chi connectivity index (χ0n) is 12.2. The van der Waals surface area contributed by atoms with Crippen molar-refractivity contribution in [1.82, 2.24) is 5.32 Å². The van der Waals surface area contributed by atoms with Crippen molar-refractivity contribution in [3.63, 3.8) is 0 Å². The summed E-state index contributed by atoms with van der Waals surface area (Å²) in [5, 5.41) is 3.29. The van der Waals surface area contributed by atoms with Crippen molar-refractivity contribution in [1.29, 1.82) is 0 Å². The predicted octanol–water partition coefficient (Wildman–Crippen LogP) is 5.37. The summed E-state index contributed by atoms with van der Waals surface area (Å²) < 4.78 is 5.69. The molecule has 3 atom stereocenters. The Morgan fingerprint density at radius 3 is 2.57 bits per heavy atom. The number of hydrogen-bond donors (Lipinski definition) is 1. The van der Waals surface area contributed by atoms with Crippen LogP contribution in [0.4, 0.5) is 0 Å². The van der Waals surface area contributed by atoms with Crippen LogP contribution in [0, 0.1) is 6.54 Å². The van der Waals surface area contributed by atoms with Crippen LogP contribution in [0.2, 0.25) is 0 Å². The number of nitrogens with zero attached hydrogens (tertiary/aromatic N) is 3. The zero-order valence-corrected chi connectivity index (χ0v) is 18.1. The molecule has 0 bridgehead atoms. The molecule has 9 heteroatoms. The molecular weight excluding hydrogens is 517 g/mol. The van der Waals surface area contributed by atoms with Crippen molar-refractivity contribution >= 4 is 24.9 Å². The first-order chi connectivity index (χ1) is 10.8. The van der Waals surface area contributed by atoms with Crippen LogP contribution in [0.1, 0.15) is 11.1 Å². The van der Waals surface area contributed by atoms with Gasteiger partial charge in [-0.2, -0.15) is 17.7 Å². The summed E-state index contributed by atoms with van der Waals surface area (Å²) in [6.07, 6.45) is 0. The maximum absolute atomic E-state index is 8.28. The van der Waals surface area contributed by atoms with Gasteiger partial charge < -0.3 is 9.84 Å². The van der Waals surface area contributed by atoms with E-state index < -0.39 is 7.53 Å². The quantitative estimate of drug-likeness (QED) is 0.163. The van der Waals surface area contributed by atoms with E-state index in [-0.39, 0.29) is 29.5 Å². The van der Waals surface area contributed by atoms with Gasteiger partial charge >= 0.3 is 0 Å². The summed E-state index contributed by atoms with van der Waals surface area (Å²) in [5.74, 6) is 0.780. The van der Waals surface area contributed by atoms with E-state index in [0.717, 1.165) is 17.9 Å². The SMILES string of the molecule is [N-]=[N+]=NPP(P)Oc1ccc([CH-]NCc2ccccc2)cc1.[W]. The Hall–Kier alpha value is -0.642. The molecule has 3 unspecified atom stereocenters. The third-order valence-electron chi connectivity index (χ3n) is 2.69. The first-order valence-corrected chi connectivity index (χ1v) is 11.2. The van der Waals surface area contributed by atoms with E-state index in [1.165, 1.54) is 5.56 Å². The van der Waals surface area contributed by atoms with Crippen LogP contribution in [0.5, 0.6) is 5.75 Å². The first kappa shape index (κ1) is 20.4. The fraction of sp³-hybridized carbons (Fsp3) is 0.0714. The van der Waals surface area contributed by atoms with Gasteiger partial charge in [-0.05, 0) is 11.1 Å². The van der Waals surface area contributed by atoms with Crippen LogP contribution in [0.25, 0.3) is 10.4 Å². The number of benzene rings is 2. The van der Waals surface area contributed by atoms with E-state index in [0.29, 0.717) is 0 Å². The Balaban J connectivity index is 0.00000264. The minimum atomic E-state index is -0.815. The number of azide groups is 1. The molecule has 2 rings (SSSR count). The molecular formula is C14H16N4OP3W-. The van der Waals surface area contributed by atoms with E-state index in [1.54, 1.807) is 0 Å². The van der Waals surface area contributed by atoms with Crippen molar-refractivity contribution in [3.8, 4) is 5.75 Å². The average Bonchev–Trinajstić information content (AvgIpc) is 2.55. The molecule has 0 aromatic heterocycles. The molecule has 2 aromatic carbocycles. The van der Waals surface area contributed by atoms with Gasteiger partial charge in [0.1, 0.15) is 7.53 Å². The molecule has 5 nitrogen and oxygen atoms in total. The van der Waals surface area contributed by atoms with Crippen LogP contribution in [-0.2, 0) is 27.6 Å². The molecule has 23 heavy (non-hydrogen) atoms. The maximum atomic E-state index is 8.28. The standard InChI is InChI=1S/C14H16N4OP3.W/c15-17-18-21-22(20)19-14-8-6-13(7-9-14)11-16-10-12-4-2-1-3-5-12;/h1-9,11,16,21H,10,20H2;/q-1;. The number of rotatable bonds is 8. The van der Waals surface area contributed by atoms with Crippen LogP contribution >= 0.6 is 24.9 Å². The second-order valence-corrected chi connectivity index (χ2v) is 10.4. The van der Waals surface area contributed by atoms with Gasteiger partial charge in [0, 0.05) is 40.9 Å². The Bertz CT molecular complexity index is 624. The fourth-order valence-corrected chi connectivity index (χ4v) is 3.88. The van der Waals surface area contributed by atoms with Crippen molar-refractivity contribution in [2.45, 2.75) is 6.54 Å². The van der Waals surface area contributed by atoms with Crippen LogP contribution in [0.15, 0.2) is 59.5 Å². The van der Waals surface area contributed by atoms with Crippen LogP contribution in [-0.4, -0.2) is 0 Å². The maximum Gasteiger partial charge on any atom is 0.130 e. The molecule has 0 fully saturated rings. The Labute approximate surface area is 155 Å². The molecule has 0 saturated heterocycles. The minimum Gasteiger partial charge on any atom is -0.468 e. The van der Waals surface area contributed by atoms with Gasteiger partial charge in [-0.15, -0.1) is 6.54 Å². The summed E-state index contributed by atoms with van der Waals surface area (Å²) in [5.41, 5.74) is 10.6. The molecule has 1 N–H and O–H groups in total. The number of hydrogen-bond acceptors (Lipinski definition) is 3. The normalized spacial score (nSPS) is 11.3. The topological polar surface area (TPSA) is 70.0 Å². The second-order valence-electron chi connectivity index (χ2n) is 4.29. The summed E-state index contributed by atoms with van der Waals surface area (Å²) in [6, 6.07) is 18.0. The summed E-state index contributed by atoms with van der Waals surface area (Å²) >= 11 is 0. The van der Waals surface area contributed by atoms with Gasteiger partial charge in [-0.1, -0.05) is 56.3 Å². The second kappa shape index (κ2) is 11.8. The van der Waals surface area contributed by atoms with E-state index >= 15 is 0 Å². The summed E-state index contributed by atoms with van der Waals surface area (Å²) in [4.78, 5) is 6.27. The van der Waals surface area contributed by atoms with E-state index in [9.17, 15) is 0 Å². The molecule has 0 amide bonds. The Morgan fingerprint density at radius 2 is 1.91 bits per heavy atom. The van der Waals surface area contributed by atoms with E-state index in [1.807, 2.05) is 49.0 Å². The molecule has 0 aliphatic heterocycles. The molecule has 0 heterocycles. The van der Waals surface area contributed by atoms with Crippen molar-refractivity contribution in [2.24, 2.45) is 4.88 Å². The van der Waals surface area contributed by atoms with Gasteiger partial charge in [-0.25, -0.2) is 0 Å². The third kappa shape index (κ3) is 8.14. The van der Waals surface area contributed by atoms with Crippen LogP contribution in [0.3, 0.4) is 0 Å². The number of nitrogens with one attached hydrogen (secondary N) is 1.